The minimum atomic E-state index is -1.89. The molecule has 0 aromatic carbocycles. The van der Waals surface area contributed by atoms with Gasteiger partial charge in [0.15, 0.2) is 5.60 Å². The average molecular weight is 215 g/mol. The SMILES string of the molecule is CC(O)(CNC(=O)C1CC1(C)C)C(=O)O. The molecule has 0 aromatic rings. The number of amides is 1. The highest BCUT2D eigenvalue weighted by molar-refractivity contribution is 5.84. The Morgan fingerprint density at radius 2 is 2.00 bits per heavy atom. The standard InChI is InChI=1S/C10H17NO4/c1-9(2)4-6(9)7(12)11-5-10(3,15)8(13)14/h6,15H,4-5H2,1-3H3,(H,11,12)(H,13,14). The summed E-state index contributed by atoms with van der Waals surface area (Å²) in [6, 6.07) is 0. The van der Waals surface area contributed by atoms with Crippen LogP contribution in [0.1, 0.15) is 27.2 Å². The number of aliphatic carboxylic acids is 1. The van der Waals surface area contributed by atoms with Gasteiger partial charge in [-0.1, -0.05) is 13.8 Å². The van der Waals surface area contributed by atoms with Crippen LogP contribution in [0.25, 0.3) is 0 Å². The Kier molecular flexibility index (Phi) is 2.78. The van der Waals surface area contributed by atoms with Gasteiger partial charge >= 0.3 is 5.97 Å². The Balaban J connectivity index is 2.39. The zero-order valence-electron chi connectivity index (χ0n) is 9.20. The molecule has 86 valence electrons. The number of aliphatic hydroxyl groups is 1. The van der Waals surface area contributed by atoms with E-state index in [1.54, 1.807) is 0 Å². The molecule has 0 aromatic heterocycles. The molecule has 1 saturated carbocycles. The van der Waals surface area contributed by atoms with Crippen molar-refractivity contribution in [3.63, 3.8) is 0 Å². The summed E-state index contributed by atoms with van der Waals surface area (Å²) in [6.45, 7) is 4.86. The van der Waals surface area contributed by atoms with Crippen molar-refractivity contribution < 1.29 is 19.8 Å². The molecule has 2 unspecified atom stereocenters. The average Bonchev–Trinajstić information content (AvgIpc) is 2.71. The number of carboxylic acids is 1. The normalized spacial score (nSPS) is 26.5. The van der Waals surface area contributed by atoms with E-state index in [-0.39, 0.29) is 23.8 Å². The molecule has 0 aliphatic heterocycles. The minimum absolute atomic E-state index is 0.0131. The monoisotopic (exact) mass is 215 g/mol. The van der Waals surface area contributed by atoms with Gasteiger partial charge in [-0.25, -0.2) is 4.79 Å². The summed E-state index contributed by atoms with van der Waals surface area (Å²) in [5.74, 6) is -1.57. The Morgan fingerprint density at radius 1 is 1.53 bits per heavy atom. The number of hydrogen-bond donors (Lipinski definition) is 3. The lowest BCUT2D eigenvalue weighted by Crippen LogP contribution is -2.47. The van der Waals surface area contributed by atoms with Gasteiger partial charge in [0.2, 0.25) is 5.91 Å². The minimum Gasteiger partial charge on any atom is -0.479 e. The first-order valence-electron chi connectivity index (χ1n) is 4.90. The smallest absolute Gasteiger partial charge is 0.337 e. The van der Waals surface area contributed by atoms with E-state index in [1.807, 2.05) is 13.8 Å². The fraction of sp³-hybridized carbons (Fsp3) is 0.800. The molecule has 1 rings (SSSR count). The van der Waals surface area contributed by atoms with Gasteiger partial charge < -0.3 is 15.5 Å². The van der Waals surface area contributed by atoms with E-state index < -0.39 is 11.6 Å². The quantitative estimate of drug-likeness (QED) is 0.615. The van der Waals surface area contributed by atoms with Crippen LogP contribution in [-0.4, -0.2) is 34.2 Å². The fourth-order valence-corrected chi connectivity index (χ4v) is 1.37. The zero-order chi connectivity index (χ0) is 11.9. The summed E-state index contributed by atoms with van der Waals surface area (Å²) < 4.78 is 0. The van der Waals surface area contributed by atoms with E-state index in [4.69, 9.17) is 5.11 Å². The van der Waals surface area contributed by atoms with Crippen molar-refractivity contribution in [1.29, 1.82) is 0 Å². The second-order valence-corrected chi connectivity index (χ2v) is 5.04. The van der Waals surface area contributed by atoms with Gasteiger partial charge in [0.25, 0.3) is 0 Å². The maximum absolute atomic E-state index is 11.5. The summed E-state index contributed by atoms with van der Waals surface area (Å²) in [4.78, 5) is 22.0. The third-order valence-electron chi connectivity index (χ3n) is 2.90. The van der Waals surface area contributed by atoms with Crippen LogP contribution in [0.4, 0.5) is 0 Å². The molecule has 0 radical (unpaired) electrons. The number of nitrogens with one attached hydrogen (secondary N) is 1. The topological polar surface area (TPSA) is 86.6 Å². The van der Waals surface area contributed by atoms with E-state index in [1.165, 1.54) is 0 Å². The molecule has 1 fully saturated rings. The molecular weight excluding hydrogens is 198 g/mol. The van der Waals surface area contributed by atoms with Crippen LogP contribution < -0.4 is 5.32 Å². The van der Waals surface area contributed by atoms with Gasteiger partial charge in [0.1, 0.15) is 0 Å². The van der Waals surface area contributed by atoms with Crippen LogP contribution in [0.2, 0.25) is 0 Å². The van der Waals surface area contributed by atoms with Crippen molar-refractivity contribution in [2.45, 2.75) is 32.8 Å². The van der Waals surface area contributed by atoms with Crippen molar-refractivity contribution in [3.05, 3.63) is 0 Å². The van der Waals surface area contributed by atoms with Gasteiger partial charge in [-0.05, 0) is 18.8 Å². The molecule has 3 N–H and O–H groups in total. The largest absolute Gasteiger partial charge is 0.479 e. The van der Waals surface area contributed by atoms with E-state index >= 15 is 0 Å². The van der Waals surface area contributed by atoms with E-state index in [0.717, 1.165) is 13.3 Å². The highest BCUT2D eigenvalue weighted by Crippen LogP contribution is 2.51. The van der Waals surface area contributed by atoms with Crippen LogP contribution in [0, 0.1) is 11.3 Å². The maximum atomic E-state index is 11.5. The van der Waals surface area contributed by atoms with E-state index in [0.29, 0.717) is 0 Å². The highest BCUT2D eigenvalue weighted by Gasteiger charge is 2.50. The number of carboxylic acid groups (broad SMARTS) is 1. The first-order valence-corrected chi connectivity index (χ1v) is 4.90. The number of hydrogen-bond acceptors (Lipinski definition) is 3. The van der Waals surface area contributed by atoms with Crippen LogP contribution in [-0.2, 0) is 9.59 Å². The van der Waals surface area contributed by atoms with Gasteiger partial charge in [-0.3, -0.25) is 4.79 Å². The number of rotatable bonds is 4. The molecule has 5 heteroatoms. The Labute approximate surface area is 88.5 Å². The van der Waals surface area contributed by atoms with Gasteiger partial charge in [0.05, 0.1) is 6.54 Å². The van der Waals surface area contributed by atoms with Crippen LogP contribution >= 0.6 is 0 Å². The first kappa shape index (κ1) is 12.0. The maximum Gasteiger partial charge on any atom is 0.337 e. The summed E-state index contributed by atoms with van der Waals surface area (Å²) >= 11 is 0. The summed E-state index contributed by atoms with van der Waals surface area (Å²) in [5.41, 5.74) is -1.88. The van der Waals surface area contributed by atoms with Crippen molar-refractivity contribution in [3.8, 4) is 0 Å². The van der Waals surface area contributed by atoms with Crippen LogP contribution in [0.3, 0.4) is 0 Å². The molecule has 0 heterocycles. The second kappa shape index (κ2) is 3.48. The molecule has 0 spiro atoms. The van der Waals surface area contributed by atoms with Crippen molar-refractivity contribution in [2.24, 2.45) is 11.3 Å². The lowest BCUT2D eigenvalue weighted by atomic mass is 10.1. The van der Waals surface area contributed by atoms with Crippen molar-refractivity contribution in [1.82, 2.24) is 5.32 Å². The summed E-state index contributed by atoms with van der Waals surface area (Å²) in [5, 5.41) is 20.4. The molecule has 0 saturated heterocycles. The van der Waals surface area contributed by atoms with Crippen molar-refractivity contribution in [2.75, 3.05) is 6.54 Å². The zero-order valence-corrected chi connectivity index (χ0v) is 9.20. The van der Waals surface area contributed by atoms with Gasteiger partial charge in [-0.2, -0.15) is 0 Å². The molecular formula is C10H17NO4. The molecule has 1 aliphatic rings. The van der Waals surface area contributed by atoms with E-state index in [9.17, 15) is 14.7 Å². The van der Waals surface area contributed by atoms with Crippen LogP contribution in [0.5, 0.6) is 0 Å². The summed E-state index contributed by atoms with van der Waals surface area (Å²) in [6.07, 6.45) is 0.814. The molecule has 5 nitrogen and oxygen atoms in total. The predicted molar refractivity (Wildman–Crippen MR) is 53.2 cm³/mol. The van der Waals surface area contributed by atoms with Gasteiger partial charge in [-0.15, -0.1) is 0 Å². The van der Waals surface area contributed by atoms with Gasteiger partial charge in [0, 0.05) is 5.92 Å². The molecule has 0 bridgehead atoms. The Hall–Kier alpha value is -1.10. The van der Waals surface area contributed by atoms with Crippen LogP contribution in [0.15, 0.2) is 0 Å². The Morgan fingerprint density at radius 3 is 2.33 bits per heavy atom. The molecule has 1 aliphatic carbocycles. The Bertz CT molecular complexity index is 296. The molecule has 1 amide bonds. The first-order chi connectivity index (χ1) is 6.67. The predicted octanol–water partition coefficient (Wildman–Crippen LogP) is -0.0157. The number of carbonyl (C=O) groups is 2. The highest BCUT2D eigenvalue weighted by atomic mass is 16.4. The third kappa shape index (κ3) is 2.68. The molecule has 2 atom stereocenters. The van der Waals surface area contributed by atoms with E-state index in [2.05, 4.69) is 5.32 Å². The van der Waals surface area contributed by atoms with Crippen molar-refractivity contribution >= 4 is 11.9 Å². The number of carbonyl (C=O) groups excluding carboxylic acids is 1. The lowest BCUT2D eigenvalue weighted by Gasteiger charge is -2.18. The lowest BCUT2D eigenvalue weighted by molar-refractivity contribution is -0.156. The fourth-order valence-electron chi connectivity index (χ4n) is 1.37. The molecule has 15 heavy (non-hydrogen) atoms. The second-order valence-electron chi connectivity index (χ2n) is 5.04. The third-order valence-corrected chi connectivity index (χ3v) is 2.90. The summed E-state index contributed by atoms with van der Waals surface area (Å²) in [7, 11) is 0.